The van der Waals surface area contributed by atoms with Gasteiger partial charge in [0.05, 0.1) is 7.11 Å². The number of carboxylic acids is 1. The summed E-state index contributed by atoms with van der Waals surface area (Å²) >= 11 is 0. The number of methoxy groups -OCH3 is 1. The first-order valence-corrected chi connectivity index (χ1v) is 7.67. The summed E-state index contributed by atoms with van der Waals surface area (Å²) in [5, 5.41) is 9.55. The maximum absolute atomic E-state index is 12.7. The van der Waals surface area contributed by atoms with Crippen LogP contribution >= 0.6 is 0 Å². The molecule has 1 aromatic rings. The molecular formula is C17H21NO4. The fourth-order valence-electron chi connectivity index (χ4n) is 3.95. The van der Waals surface area contributed by atoms with E-state index in [0.29, 0.717) is 17.9 Å². The van der Waals surface area contributed by atoms with Crippen molar-refractivity contribution >= 4 is 11.9 Å². The normalized spacial score (nSPS) is 22.5. The number of carbonyl (C=O) groups is 2. The SMILES string of the molecule is COc1cc(C(=O)N2CC3(CCCC3)[C@@H]2C(=O)O)ccc1C. The molecule has 22 heavy (non-hydrogen) atoms. The maximum atomic E-state index is 12.7. The Morgan fingerprint density at radius 1 is 1.32 bits per heavy atom. The van der Waals surface area contributed by atoms with Crippen LogP contribution in [-0.2, 0) is 4.79 Å². The summed E-state index contributed by atoms with van der Waals surface area (Å²) in [5.74, 6) is -0.461. The predicted octanol–water partition coefficient (Wildman–Crippen LogP) is 2.47. The molecule has 2 fully saturated rings. The van der Waals surface area contributed by atoms with Gasteiger partial charge in [0.2, 0.25) is 0 Å². The lowest BCUT2D eigenvalue weighted by Crippen LogP contribution is -2.68. The first-order valence-electron chi connectivity index (χ1n) is 7.67. The standard InChI is InChI=1S/C17H21NO4/c1-11-5-6-12(9-13(11)22-2)15(19)18-10-17(7-3-4-8-17)14(18)16(20)21/h5-6,9,14H,3-4,7-8,10H2,1-2H3,(H,20,21)/t14-/m0/s1. The molecule has 1 aliphatic heterocycles. The lowest BCUT2D eigenvalue weighted by molar-refractivity contribution is -0.159. The molecule has 1 heterocycles. The van der Waals surface area contributed by atoms with Gasteiger partial charge in [-0.25, -0.2) is 4.79 Å². The minimum atomic E-state index is -0.888. The summed E-state index contributed by atoms with van der Waals surface area (Å²) < 4.78 is 5.25. The third-order valence-corrected chi connectivity index (χ3v) is 5.13. The Bertz CT molecular complexity index is 619. The van der Waals surface area contributed by atoms with Gasteiger partial charge in [0.25, 0.3) is 5.91 Å². The van der Waals surface area contributed by atoms with Gasteiger partial charge < -0.3 is 14.7 Å². The molecule has 0 radical (unpaired) electrons. The average molecular weight is 303 g/mol. The number of aliphatic carboxylic acids is 1. The van der Waals surface area contributed by atoms with E-state index in [9.17, 15) is 14.7 Å². The Hall–Kier alpha value is -2.04. The molecule has 1 atom stereocenters. The number of carboxylic acid groups (broad SMARTS) is 1. The van der Waals surface area contributed by atoms with Gasteiger partial charge in [-0.15, -0.1) is 0 Å². The molecule has 0 aromatic heterocycles. The van der Waals surface area contributed by atoms with E-state index in [1.54, 1.807) is 19.2 Å². The van der Waals surface area contributed by atoms with E-state index in [0.717, 1.165) is 31.2 Å². The lowest BCUT2D eigenvalue weighted by atomic mass is 9.69. The number of carbonyl (C=O) groups excluding carboxylic acids is 1. The second kappa shape index (κ2) is 5.30. The van der Waals surface area contributed by atoms with Crippen LogP contribution in [0.15, 0.2) is 18.2 Å². The molecule has 1 amide bonds. The first-order chi connectivity index (χ1) is 10.5. The highest BCUT2D eigenvalue weighted by molar-refractivity contribution is 5.98. The van der Waals surface area contributed by atoms with E-state index in [-0.39, 0.29) is 11.3 Å². The van der Waals surface area contributed by atoms with Gasteiger partial charge in [-0.1, -0.05) is 18.9 Å². The molecule has 1 saturated carbocycles. The number of likely N-dealkylation sites (tertiary alicyclic amines) is 1. The van der Waals surface area contributed by atoms with Crippen molar-refractivity contribution in [3.63, 3.8) is 0 Å². The zero-order valence-electron chi connectivity index (χ0n) is 13.0. The molecule has 1 N–H and O–H groups in total. The van der Waals surface area contributed by atoms with E-state index >= 15 is 0 Å². The fraction of sp³-hybridized carbons (Fsp3) is 0.529. The zero-order valence-corrected chi connectivity index (χ0v) is 13.0. The number of hydrogen-bond donors (Lipinski definition) is 1. The largest absolute Gasteiger partial charge is 0.496 e. The quantitative estimate of drug-likeness (QED) is 0.931. The molecule has 0 bridgehead atoms. The summed E-state index contributed by atoms with van der Waals surface area (Å²) in [5.41, 5.74) is 1.24. The number of amides is 1. The summed E-state index contributed by atoms with van der Waals surface area (Å²) in [4.78, 5) is 25.8. The fourth-order valence-corrected chi connectivity index (χ4v) is 3.95. The van der Waals surface area contributed by atoms with Crippen molar-refractivity contribution in [2.75, 3.05) is 13.7 Å². The highest BCUT2D eigenvalue weighted by Crippen LogP contribution is 2.51. The van der Waals surface area contributed by atoms with Crippen LogP contribution in [0.3, 0.4) is 0 Å². The van der Waals surface area contributed by atoms with Gasteiger partial charge >= 0.3 is 5.97 Å². The number of benzene rings is 1. The van der Waals surface area contributed by atoms with E-state index in [2.05, 4.69) is 0 Å². The van der Waals surface area contributed by atoms with Crippen LogP contribution in [0.2, 0.25) is 0 Å². The van der Waals surface area contributed by atoms with Gasteiger partial charge in [0.15, 0.2) is 0 Å². The maximum Gasteiger partial charge on any atom is 0.327 e. The molecule has 1 saturated heterocycles. The van der Waals surface area contributed by atoms with Gasteiger partial charge in [0, 0.05) is 17.5 Å². The van der Waals surface area contributed by atoms with Crippen LogP contribution < -0.4 is 4.74 Å². The Balaban J connectivity index is 1.85. The van der Waals surface area contributed by atoms with E-state index in [4.69, 9.17) is 4.74 Å². The van der Waals surface area contributed by atoms with Crippen LogP contribution in [0, 0.1) is 12.3 Å². The van der Waals surface area contributed by atoms with Gasteiger partial charge in [-0.05, 0) is 37.5 Å². The number of ether oxygens (including phenoxy) is 1. The molecule has 3 rings (SSSR count). The molecule has 118 valence electrons. The number of nitrogens with zero attached hydrogens (tertiary/aromatic N) is 1. The van der Waals surface area contributed by atoms with E-state index in [1.807, 2.05) is 13.0 Å². The van der Waals surface area contributed by atoms with Crippen molar-refractivity contribution in [1.29, 1.82) is 0 Å². The van der Waals surface area contributed by atoms with Gasteiger partial charge in [0.1, 0.15) is 11.8 Å². The van der Waals surface area contributed by atoms with Crippen LogP contribution in [-0.4, -0.2) is 41.6 Å². The second-order valence-corrected chi connectivity index (χ2v) is 6.43. The third-order valence-electron chi connectivity index (χ3n) is 5.13. The summed E-state index contributed by atoms with van der Waals surface area (Å²) in [6, 6.07) is 4.57. The summed E-state index contributed by atoms with van der Waals surface area (Å²) in [6.07, 6.45) is 3.93. The molecule has 5 nitrogen and oxygen atoms in total. The van der Waals surface area contributed by atoms with E-state index < -0.39 is 12.0 Å². The Kier molecular flexibility index (Phi) is 3.59. The van der Waals surface area contributed by atoms with Crippen LogP contribution in [0.1, 0.15) is 41.6 Å². The zero-order chi connectivity index (χ0) is 15.9. The van der Waals surface area contributed by atoms with Crippen LogP contribution in [0.4, 0.5) is 0 Å². The van der Waals surface area contributed by atoms with Crippen molar-refractivity contribution < 1.29 is 19.4 Å². The number of hydrogen-bond acceptors (Lipinski definition) is 3. The summed E-state index contributed by atoms with van der Waals surface area (Å²) in [7, 11) is 1.56. The van der Waals surface area contributed by atoms with Crippen molar-refractivity contribution in [3.8, 4) is 5.75 Å². The number of rotatable bonds is 3. The van der Waals surface area contributed by atoms with Crippen molar-refractivity contribution in [1.82, 2.24) is 4.90 Å². The van der Waals surface area contributed by atoms with Gasteiger partial charge in [-0.2, -0.15) is 0 Å². The highest BCUT2D eigenvalue weighted by atomic mass is 16.5. The number of aryl methyl sites for hydroxylation is 1. The lowest BCUT2D eigenvalue weighted by Gasteiger charge is -2.53. The molecular weight excluding hydrogens is 282 g/mol. The van der Waals surface area contributed by atoms with Crippen molar-refractivity contribution in [2.45, 2.75) is 38.6 Å². The summed E-state index contributed by atoms with van der Waals surface area (Å²) in [6.45, 7) is 2.46. The average Bonchev–Trinajstić information content (AvgIpc) is 2.95. The monoisotopic (exact) mass is 303 g/mol. The third kappa shape index (κ3) is 2.16. The van der Waals surface area contributed by atoms with Crippen LogP contribution in [0.25, 0.3) is 0 Å². The molecule has 1 spiro atoms. The van der Waals surface area contributed by atoms with Crippen molar-refractivity contribution in [3.05, 3.63) is 29.3 Å². The van der Waals surface area contributed by atoms with Crippen LogP contribution in [0.5, 0.6) is 5.75 Å². The van der Waals surface area contributed by atoms with E-state index in [1.165, 1.54) is 4.90 Å². The first kappa shape index (κ1) is 14.9. The minimum absolute atomic E-state index is 0.198. The molecule has 0 unspecified atom stereocenters. The smallest absolute Gasteiger partial charge is 0.327 e. The molecule has 2 aliphatic rings. The highest BCUT2D eigenvalue weighted by Gasteiger charge is 2.59. The minimum Gasteiger partial charge on any atom is -0.496 e. The van der Waals surface area contributed by atoms with Gasteiger partial charge in [-0.3, -0.25) is 4.79 Å². The Labute approximate surface area is 129 Å². The Morgan fingerprint density at radius 2 is 2.00 bits per heavy atom. The second-order valence-electron chi connectivity index (χ2n) is 6.43. The molecule has 5 heteroatoms. The predicted molar refractivity (Wildman–Crippen MR) is 81.1 cm³/mol. The molecule has 1 aliphatic carbocycles. The molecule has 1 aromatic carbocycles. The Morgan fingerprint density at radius 3 is 2.59 bits per heavy atom. The topological polar surface area (TPSA) is 66.8 Å². The van der Waals surface area contributed by atoms with Crippen molar-refractivity contribution in [2.24, 2.45) is 5.41 Å².